The van der Waals surface area contributed by atoms with Crippen LogP contribution in [0.2, 0.25) is 4.34 Å². The Kier molecular flexibility index (Phi) is 3.53. The largest absolute Gasteiger partial charge is 0.340 e. The molecule has 0 aromatic carbocycles. The molecular formula is C15H19ClN2O2S. The van der Waals surface area contributed by atoms with Gasteiger partial charge in [0.2, 0.25) is 11.8 Å². The monoisotopic (exact) mass is 326 g/mol. The smallest absolute Gasteiger partial charge is 0.249 e. The summed E-state index contributed by atoms with van der Waals surface area (Å²) in [5, 5.41) is 3.00. The summed E-state index contributed by atoms with van der Waals surface area (Å²) in [4.78, 5) is 28.2. The molecule has 21 heavy (non-hydrogen) atoms. The van der Waals surface area contributed by atoms with Gasteiger partial charge in [0.1, 0.15) is 11.1 Å². The number of hydrogen-bond acceptors (Lipinski definition) is 3. The summed E-state index contributed by atoms with van der Waals surface area (Å²) in [5.74, 6) is -0.0132. The van der Waals surface area contributed by atoms with Gasteiger partial charge in [-0.15, -0.1) is 11.3 Å². The Balaban J connectivity index is 1.93. The van der Waals surface area contributed by atoms with Gasteiger partial charge in [0, 0.05) is 4.88 Å². The molecule has 6 heteroatoms. The highest BCUT2D eigenvalue weighted by atomic mass is 35.5. The molecule has 0 atom stereocenters. The Morgan fingerprint density at radius 2 is 1.95 bits per heavy atom. The summed E-state index contributed by atoms with van der Waals surface area (Å²) in [5.41, 5.74) is -1.50. The van der Waals surface area contributed by atoms with Crippen molar-refractivity contribution in [3.05, 3.63) is 21.3 Å². The van der Waals surface area contributed by atoms with Gasteiger partial charge in [-0.1, -0.05) is 24.4 Å². The highest BCUT2D eigenvalue weighted by molar-refractivity contribution is 7.16. The first-order chi connectivity index (χ1) is 9.85. The number of nitrogens with zero attached hydrogens (tertiary/aromatic N) is 1. The van der Waals surface area contributed by atoms with E-state index in [1.807, 2.05) is 12.1 Å². The average molecular weight is 327 g/mol. The molecule has 1 saturated heterocycles. The maximum atomic E-state index is 13.0. The van der Waals surface area contributed by atoms with Gasteiger partial charge in [-0.05, 0) is 38.8 Å². The quantitative estimate of drug-likeness (QED) is 0.908. The van der Waals surface area contributed by atoms with Crippen LogP contribution in [0.1, 0.15) is 44.4 Å². The van der Waals surface area contributed by atoms with Gasteiger partial charge in [0.05, 0.1) is 10.9 Å². The number of piperazine rings is 1. The third-order valence-corrected chi connectivity index (χ3v) is 5.85. The number of hydrogen-bond donors (Lipinski definition) is 1. The Hall–Kier alpha value is -1.07. The Morgan fingerprint density at radius 3 is 2.52 bits per heavy atom. The van der Waals surface area contributed by atoms with E-state index in [4.69, 9.17) is 11.6 Å². The van der Waals surface area contributed by atoms with E-state index >= 15 is 0 Å². The van der Waals surface area contributed by atoms with Crippen LogP contribution in [0.3, 0.4) is 0 Å². The minimum atomic E-state index is -0.832. The van der Waals surface area contributed by atoms with E-state index in [1.54, 1.807) is 18.7 Å². The zero-order chi connectivity index (χ0) is 15.3. The second kappa shape index (κ2) is 4.99. The van der Waals surface area contributed by atoms with Crippen molar-refractivity contribution in [1.82, 2.24) is 10.2 Å². The third kappa shape index (κ3) is 2.36. The zero-order valence-electron chi connectivity index (χ0n) is 12.2. The highest BCUT2D eigenvalue weighted by Gasteiger charge is 2.55. The molecule has 2 amide bonds. The van der Waals surface area contributed by atoms with E-state index < -0.39 is 11.1 Å². The van der Waals surface area contributed by atoms with E-state index in [0.29, 0.717) is 10.9 Å². The number of thiophene rings is 1. The lowest BCUT2D eigenvalue weighted by atomic mass is 9.86. The predicted octanol–water partition coefficient (Wildman–Crippen LogP) is 2.95. The molecule has 0 bridgehead atoms. The molecule has 114 valence electrons. The number of carbonyl (C=O) groups excluding carboxylic acids is 2. The first kappa shape index (κ1) is 14.9. The third-order valence-electron chi connectivity index (χ3n) is 4.64. The molecule has 2 fully saturated rings. The molecule has 1 aromatic rings. The lowest BCUT2D eigenvalue weighted by Crippen LogP contribution is -2.73. The molecule has 1 saturated carbocycles. The van der Waals surface area contributed by atoms with Gasteiger partial charge in [-0.3, -0.25) is 9.59 Å². The Labute approximate surface area is 133 Å². The number of rotatable bonds is 2. The van der Waals surface area contributed by atoms with Crippen LogP contribution in [0.4, 0.5) is 0 Å². The molecule has 0 unspecified atom stereocenters. The van der Waals surface area contributed by atoms with Gasteiger partial charge in [0.25, 0.3) is 0 Å². The molecule has 2 heterocycles. The van der Waals surface area contributed by atoms with Gasteiger partial charge in [-0.25, -0.2) is 0 Å². The summed E-state index contributed by atoms with van der Waals surface area (Å²) >= 11 is 7.43. The normalized spacial score (nSPS) is 23.7. The molecule has 1 aromatic heterocycles. The molecule has 1 spiro atoms. The lowest BCUT2D eigenvalue weighted by Gasteiger charge is -2.48. The maximum Gasteiger partial charge on any atom is 0.249 e. The molecule has 1 aliphatic carbocycles. The second-order valence-electron chi connectivity index (χ2n) is 6.40. The van der Waals surface area contributed by atoms with E-state index in [2.05, 4.69) is 5.32 Å². The molecular weight excluding hydrogens is 308 g/mol. The topological polar surface area (TPSA) is 49.4 Å². The van der Waals surface area contributed by atoms with Crippen molar-refractivity contribution in [2.24, 2.45) is 0 Å². The average Bonchev–Trinajstić information content (AvgIpc) is 3.03. The number of nitrogens with one attached hydrogen (secondary N) is 1. The van der Waals surface area contributed by atoms with Gasteiger partial charge < -0.3 is 10.2 Å². The summed E-state index contributed by atoms with van der Waals surface area (Å²) < 4.78 is 0.701. The fourth-order valence-electron chi connectivity index (χ4n) is 3.24. The maximum absolute atomic E-state index is 13.0. The molecule has 1 aliphatic heterocycles. The SMILES string of the molecule is CC1(C)C(=O)NC2(CCCC2)C(=O)N1Cc1ccc(Cl)s1. The summed E-state index contributed by atoms with van der Waals surface area (Å²) in [6.45, 7) is 4.05. The number of carbonyl (C=O) groups is 2. The van der Waals surface area contributed by atoms with Crippen LogP contribution in [0.25, 0.3) is 0 Å². The fourth-order valence-corrected chi connectivity index (χ4v) is 4.31. The standard InChI is InChI=1S/C15H19ClN2O2S/c1-14(2)12(19)17-15(7-3-4-8-15)13(20)18(14)9-10-5-6-11(16)21-10/h5-6H,3-4,7-9H2,1-2H3,(H,17,19). The molecule has 1 N–H and O–H groups in total. The van der Waals surface area contributed by atoms with E-state index in [1.165, 1.54) is 11.3 Å². The highest BCUT2D eigenvalue weighted by Crippen LogP contribution is 2.38. The van der Waals surface area contributed by atoms with Crippen LogP contribution in [0.5, 0.6) is 0 Å². The van der Waals surface area contributed by atoms with Crippen molar-refractivity contribution in [3.8, 4) is 0 Å². The van der Waals surface area contributed by atoms with Crippen LogP contribution in [-0.2, 0) is 16.1 Å². The Bertz CT molecular complexity index is 590. The first-order valence-electron chi connectivity index (χ1n) is 7.24. The van der Waals surface area contributed by atoms with Gasteiger partial charge in [0.15, 0.2) is 0 Å². The number of halogens is 1. The van der Waals surface area contributed by atoms with Crippen molar-refractivity contribution in [2.75, 3.05) is 0 Å². The Morgan fingerprint density at radius 1 is 1.29 bits per heavy atom. The predicted molar refractivity (Wildman–Crippen MR) is 83.3 cm³/mol. The van der Waals surface area contributed by atoms with E-state index in [9.17, 15) is 9.59 Å². The molecule has 0 radical (unpaired) electrons. The second-order valence-corrected chi connectivity index (χ2v) is 8.20. The minimum absolute atomic E-state index is 0.0501. The minimum Gasteiger partial charge on any atom is -0.340 e. The van der Waals surface area contributed by atoms with E-state index in [0.717, 1.165) is 30.6 Å². The summed E-state index contributed by atoms with van der Waals surface area (Å²) in [6, 6.07) is 3.75. The fraction of sp³-hybridized carbons (Fsp3) is 0.600. The van der Waals surface area contributed by atoms with Gasteiger partial charge >= 0.3 is 0 Å². The van der Waals surface area contributed by atoms with E-state index in [-0.39, 0.29) is 11.8 Å². The van der Waals surface area contributed by atoms with Crippen molar-refractivity contribution < 1.29 is 9.59 Å². The molecule has 2 aliphatic rings. The molecule has 4 nitrogen and oxygen atoms in total. The van der Waals surface area contributed by atoms with Crippen molar-refractivity contribution in [3.63, 3.8) is 0 Å². The lowest BCUT2D eigenvalue weighted by molar-refractivity contribution is -0.161. The van der Waals surface area contributed by atoms with Crippen LogP contribution in [0.15, 0.2) is 12.1 Å². The van der Waals surface area contributed by atoms with Crippen LogP contribution < -0.4 is 5.32 Å². The number of amides is 2. The summed E-state index contributed by atoms with van der Waals surface area (Å²) in [6.07, 6.45) is 3.47. The van der Waals surface area contributed by atoms with Crippen LogP contribution in [0, 0.1) is 0 Å². The first-order valence-corrected chi connectivity index (χ1v) is 8.43. The van der Waals surface area contributed by atoms with Crippen LogP contribution in [-0.4, -0.2) is 27.8 Å². The van der Waals surface area contributed by atoms with Crippen molar-refractivity contribution in [2.45, 2.75) is 57.2 Å². The zero-order valence-corrected chi connectivity index (χ0v) is 13.8. The van der Waals surface area contributed by atoms with Crippen molar-refractivity contribution >= 4 is 34.8 Å². The van der Waals surface area contributed by atoms with Crippen molar-refractivity contribution in [1.29, 1.82) is 0 Å². The molecule has 3 rings (SSSR count). The summed E-state index contributed by atoms with van der Waals surface area (Å²) in [7, 11) is 0. The van der Waals surface area contributed by atoms with Crippen LogP contribution >= 0.6 is 22.9 Å². The van der Waals surface area contributed by atoms with Gasteiger partial charge in [-0.2, -0.15) is 0 Å².